The molecule has 2 nitrogen and oxygen atoms in total. The molecular weight excluding hydrogens is 391 g/mol. The molecular formula is C17H15IN2S. The Labute approximate surface area is 142 Å². The van der Waals surface area contributed by atoms with Crippen molar-refractivity contribution in [2.45, 2.75) is 13.0 Å². The molecule has 1 unspecified atom stereocenters. The van der Waals surface area contributed by atoms with E-state index < -0.39 is 0 Å². The highest BCUT2D eigenvalue weighted by Crippen LogP contribution is 2.26. The second-order valence-electron chi connectivity index (χ2n) is 4.84. The Kier molecular flexibility index (Phi) is 4.55. The van der Waals surface area contributed by atoms with E-state index in [9.17, 15) is 0 Å². The lowest BCUT2D eigenvalue weighted by Crippen LogP contribution is -2.06. The summed E-state index contributed by atoms with van der Waals surface area (Å²) in [5.74, 6) is 0. The number of aromatic nitrogens is 1. The van der Waals surface area contributed by atoms with E-state index in [-0.39, 0.29) is 6.04 Å². The Morgan fingerprint density at radius 3 is 2.67 bits per heavy atom. The van der Waals surface area contributed by atoms with Gasteiger partial charge in [-0.05, 0) is 59.3 Å². The second kappa shape index (κ2) is 6.58. The van der Waals surface area contributed by atoms with Gasteiger partial charge in [0.15, 0.2) is 0 Å². The van der Waals surface area contributed by atoms with Gasteiger partial charge in [-0.3, -0.25) is 0 Å². The van der Waals surface area contributed by atoms with Gasteiger partial charge in [-0.25, -0.2) is 4.98 Å². The first-order valence-electron chi connectivity index (χ1n) is 6.74. The number of thiazole rings is 1. The zero-order valence-corrected chi connectivity index (χ0v) is 14.6. The maximum atomic E-state index is 4.36. The van der Waals surface area contributed by atoms with Crippen LogP contribution in [0, 0.1) is 3.57 Å². The van der Waals surface area contributed by atoms with E-state index >= 15 is 0 Å². The zero-order valence-electron chi connectivity index (χ0n) is 11.6. The van der Waals surface area contributed by atoms with Crippen LogP contribution in [0.1, 0.15) is 18.5 Å². The van der Waals surface area contributed by atoms with Gasteiger partial charge in [0.05, 0.1) is 0 Å². The van der Waals surface area contributed by atoms with Gasteiger partial charge >= 0.3 is 0 Å². The summed E-state index contributed by atoms with van der Waals surface area (Å²) in [4.78, 5) is 4.36. The lowest BCUT2D eigenvalue weighted by Gasteiger charge is -2.16. The second-order valence-corrected chi connectivity index (χ2v) is 6.98. The van der Waals surface area contributed by atoms with E-state index in [0.717, 1.165) is 16.3 Å². The normalized spacial score (nSPS) is 12.1. The van der Waals surface area contributed by atoms with Crippen molar-refractivity contribution in [1.82, 2.24) is 4.98 Å². The van der Waals surface area contributed by atoms with Crippen LogP contribution in [0.15, 0.2) is 60.1 Å². The fourth-order valence-corrected chi connectivity index (χ4v) is 3.19. The predicted octanol–water partition coefficient (Wildman–Crippen LogP) is 5.59. The molecule has 4 heteroatoms. The van der Waals surface area contributed by atoms with E-state index in [4.69, 9.17) is 0 Å². The van der Waals surface area contributed by atoms with Crippen LogP contribution in [0.25, 0.3) is 10.6 Å². The maximum Gasteiger partial charge on any atom is 0.123 e. The van der Waals surface area contributed by atoms with Crippen molar-refractivity contribution in [1.29, 1.82) is 0 Å². The topological polar surface area (TPSA) is 24.9 Å². The summed E-state index contributed by atoms with van der Waals surface area (Å²) < 4.78 is 1.26. The molecule has 3 aromatic rings. The molecule has 1 heterocycles. The van der Waals surface area contributed by atoms with Crippen molar-refractivity contribution in [3.8, 4) is 10.6 Å². The zero-order chi connectivity index (χ0) is 14.7. The molecule has 1 atom stereocenters. The minimum atomic E-state index is 0.272. The molecule has 1 aromatic heterocycles. The fourth-order valence-electron chi connectivity index (χ4n) is 2.19. The minimum absolute atomic E-state index is 0.272. The Morgan fingerprint density at radius 1 is 1.14 bits per heavy atom. The average Bonchev–Trinajstić information content (AvgIpc) is 3.02. The molecule has 0 radical (unpaired) electrons. The van der Waals surface area contributed by atoms with Crippen LogP contribution in [0.2, 0.25) is 0 Å². The largest absolute Gasteiger partial charge is 0.379 e. The standard InChI is InChI=1S/C17H15IN2S/c1-12(13-5-7-15(18)8-6-13)20-16-4-2-3-14(11-16)17-19-9-10-21-17/h2-12,20H,1H3. The Hall–Kier alpha value is -1.40. The first-order valence-corrected chi connectivity index (χ1v) is 8.70. The molecule has 0 bridgehead atoms. The molecule has 3 rings (SSSR count). The van der Waals surface area contributed by atoms with E-state index in [0.29, 0.717) is 0 Å². The quantitative estimate of drug-likeness (QED) is 0.572. The third-order valence-electron chi connectivity index (χ3n) is 3.30. The van der Waals surface area contributed by atoms with Gasteiger partial charge < -0.3 is 5.32 Å². The predicted molar refractivity (Wildman–Crippen MR) is 98.7 cm³/mol. The molecule has 0 saturated heterocycles. The Balaban J connectivity index is 1.78. The SMILES string of the molecule is CC(Nc1cccc(-c2nccs2)c1)c1ccc(I)cc1. The van der Waals surface area contributed by atoms with E-state index in [1.54, 1.807) is 11.3 Å². The molecule has 0 aliphatic rings. The van der Waals surface area contributed by atoms with Crippen LogP contribution < -0.4 is 5.32 Å². The smallest absolute Gasteiger partial charge is 0.123 e. The number of nitrogens with zero attached hydrogens (tertiary/aromatic N) is 1. The first kappa shape index (κ1) is 14.5. The molecule has 0 aliphatic heterocycles. The molecule has 0 spiro atoms. The van der Waals surface area contributed by atoms with E-state index in [1.807, 2.05) is 11.6 Å². The van der Waals surface area contributed by atoms with Crippen molar-refractivity contribution in [2.75, 3.05) is 5.32 Å². The Bertz CT molecular complexity index is 708. The van der Waals surface area contributed by atoms with Gasteiger partial charge in [-0.1, -0.05) is 24.3 Å². The number of rotatable bonds is 4. The molecule has 1 N–H and O–H groups in total. The van der Waals surface area contributed by atoms with Crippen LogP contribution in [0.3, 0.4) is 0 Å². The number of benzene rings is 2. The summed E-state index contributed by atoms with van der Waals surface area (Å²) in [5.41, 5.74) is 3.56. The van der Waals surface area contributed by atoms with Crippen molar-refractivity contribution in [3.05, 3.63) is 69.2 Å². The van der Waals surface area contributed by atoms with Gasteiger partial charge in [-0.2, -0.15) is 0 Å². The highest BCUT2D eigenvalue weighted by molar-refractivity contribution is 14.1. The van der Waals surface area contributed by atoms with Gasteiger partial charge in [0.2, 0.25) is 0 Å². The molecule has 0 fully saturated rings. The van der Waals surface area contributed by atoms with E-state index in [1.165, 1.54) is 9.13 Å². The van der Waals surface area contributed by atoms with Gasteiger partial charge in [-0.15, -0.1) is 11.3 Å². The molecule has 2 aromatic carbocycles. The molecule has 0 saturated carbocycles. The van der Waals surface area contributed by atoms with Crippen molar-refractivity contribution >= 4 is 39.6 Å². The van der Waals surface area contributed by atoms with Crippen LogP contribution in [0.4, 0.5) is 5.69 Å². The van der Waals surface area contributed by atoms with Gasteiger partial charge in [0, 0.05) is 32.4 Å². The van der Waals surface area contributed by atoms with Gasteiger partial charge in [0.1, 0.15) is 5.01 Å². The third kappa shape index (κ3) is 3.63. The average molecular weight is 406 g/mol. The summed E-state index contributed by atoms with van der Waals surface area (Å²) in [6.45, 7) is 2.18. The molecule has 106 valence electrons. The monoisotopic (exact) mass is 406 g/mol. The Morgan fingerprint density at radius 2 is 1.95 bits per heavy atom. The van der Waals surface area contributed by atoms with E-state index in [2.05, 4.69) is 88.3 Å². The maximum absolute atomic E-state index is 4.36. The van der Waals surface area contributed by atoms with Crippen molar-refractivity contribution in [2.24, 2.45) is 0 Å². The lowest BCUT2D eigenvalue weighted by atomic mass is 10.1. The summed E-state index contributed by atoms with van der Waals surface area (Å²) in [5, 5.41) is 6.61. The summed E-state index contributed by atoms with van der Waals surface area (Å²) in [6, 6.07) is 17.3. The minimum Gasteiger partial charge on any atom is -0.379 e. The number of anilines is 1. The van der Waals surface area contributed by atoms with Crippen LogP contribution in [-0.4, -0.2) is 4.98 Å². The number of halogens is 1. The molecule has 21 heavy (non-hydrogen) atoms. The van der Waals surface area contributed by atoms with Crippen LogP contribution in [-0.2, 0) is 0 Å². The third-order valence-corrected chi connectivity index (χ3v) is 4.84. The summed E-state index contributed by atoms with van der Waals surface area (Å²) in [7, 11) is 0. The summed E-state index contributed by atoms with van der Waals surface area (Å²) >= 11 is 3.99. The summed E-state index contributed by atoms with van der Waals surface area (Å²) in [6.07, 6.45) is 1.84. The molecule has 0 amide bonds. The van der Waals surface area contributed by atoms with Crippen LogP contribution in [0.5, 0.6) is 0 Å². The first-order chi connectivity index (χ1) is 10.2. The molecule has 0 aliphatic carbocycles. The number of nitrogens with one attached hydrogen (secondary N) is 1. The highest BCUT2D eigenvalue weighted by Gasteiger charge is 2.07. The van der Waals surface area contributed by atoms with Crippen molar-refractivity contribution < 1.29 is 0 Å². The van der Waals surface area contributed by atoms with Crippen molar-refractivity contribution in [3.63, 3.8) is 0 Å². The number of hydrogen-bond acceptors (Lipinski definition) is 3. The fraction of sp³-hybridized carbons (Fsp3) is 0.118. The lowest BCUT2D eigenvalue weighted by molar-refractivity contribution is 0.884. The number of hydrogen-bond donors (Lipinski definition) is 1. The highest BCUT2D eigenvalue weighted by atomic mass is 127. The van der Waals surface area contributed by atoms with Gasteiger partial charge in [0.25, 0.3) is 0 Å². The van der Waals surface area contributed by atoms with Crippen LogP contribution >= 0.6 is 33.9 Å².